The van der Waals surface area contributed by atoms with Crippen LogP contribution in [0.3, 0.4) is 0 Å². The van der Waals surface area contributed by atoms with Gasteiger partial charge in [-0.1, -0.05) is 40.2 Å². The minimum atomic E-state index is -1.09. The summed E-state index contributed by atoms with van der Waals surface area (Å²) in [5, 5.41) is 3.39. The van der Waals surface area contributed by atoms with Crippen molar-refractivity contribution in [3.05, 3.63) is 46.5 Å². The first-order valence-corrected chi connectivity index (χ1v) is 11.0. The number of carbonyl (C=O) groups is 2. The van der Waals surface area contributed by atoms with E-state index in [-0.39, 0.29) is 29.1 Å². The van der Waals surface area contributed by atoms with Gasteiger partial charge in [0.2, 0.25) is 11.8 Å². The maximum Gasteiger partial charge on any atom is 0.229 e. The molecule has 1 aliphatic heterocycles. The quantitative estimate of drug-likeness (QED) is 0.622. The summed E-state index contributed by atoms with van der Waals surface area (Å²) >= 11 is 3.49. The Morgan fingerprint density at radius 3 is 2.11 bits per heavy atom. The molecule has 6 heteroatoms. The fraction of sp³-hybridized carbons (Fsp3) is 0.545. The largest absolute Gasteiger partial charge is 0.369 e. The van der Waals surface area contributed by atoms with Crippen molar-refractivity contribution in [3.8, 4) is 0 Å². The first kappa shape index (κ1) is 18.4. The van der Waals surface area contributed by atoms with Crippen molar-refractivity contribution in [3.63, 3.8) is 0 Å². The fourth-order valence-electron chi connectivity index (χ4n) is 7.28. The number of nitrogens with one attached hydrogen (secondary N) is 1. The average molecular weight is 444 g/mol. The average Bonchev–Trinajstić information content (AvgIpc) is 3.35. The van der Waals surface area contributed by atoms with E-state index in [2.05, 4.69) is 33.4 Å². The molecule has 1 aromatic carbocycles. The van der Waals surface area contributed by atoms with E-state index in [1.165, 1.54) is 0 Å². The zero-order chi connectivity index (χ0) is 19.7. The van der Waals surface area contributed by atoms with Crippen LogP contribution in [0.4, 0.5) is 0 Å². The van der Waals surface area contributed by atoms with Crippen molar-refractivity contribution in [2.75, 3.05) is 13.1 Å². The molecule has 28 heavy (non-hydrogen) atoms. The number of rotatable bonds is 4. The minimum Gasteiger partial charge on any atom is -0.369 e. The van der Waals surface area contributed by atoms with E-state index >= 15 is 0 Å². The molecule has 5 nitrogen and oxygen atoms in total. The van der Waals surface area contributed by atoms with Crippen LogP contribution in [0.2, 0.25) is 0 Å². The number of allylic oxidation sites excluding steroid dienone is 2. The van der Waals surface area contributed by atoms with Crippen LogP contribution in [0, 0.1) is 28.6 Å². The van der Waals surface area contributed by atoms with Crippen LogP contribution in [0.1, 0.15) is 31.2 Å². The van der Waals surface area contributed by atoms with Gasteiger partial charge in [-0.25, -0.2) is 0 Å². The number of halogens is 1. The van der Waals surface area contributed by atoms with Gasteiger partial charge in [0.15, 0.2) is 0 Å². The molecule has 1 aromatic rings. The van der Waals surface area contributed by atoms with Gasteiger partial charge in [-0.2, -0.15) is 0 Å². The van der Waals surface area contributed by atoms with Gasteiger partial charge in [-0.05, 0) is 73.7 Å². The number of nitrogens with two attached hydrogens (primary N) is 2. The van der Waals surface area contributed by atoms with Crippen molar-refractivity contribution >= 4 is 27.7 Å². The third-order valence-electron chi connectivity index (χ3n) is 8.25. The number of primary amides is 2. The normalized spacial score (nSPS) is 38.0. The predicted octanol–water partition coefficient (Wildman–Crippen LogP) is 2.24. The molecule has 3 aliphatic carbocycles. The maximum absolute atomic E-state index is 13.4. The number of piperidine rings is 1. The van der Waals surface area contributed by atoms with Gasteiger partial charge in [0, 0.05) is 10.4 Å². The molecule has 5 rings (SSSR count). The zero-order valence-electron chi connectivity index (χ0n) is 15.8. The molecule has 1 saturated heterocycles. The molecule has 0 unspecified atom stereocenters. The Bertz CT molecular complexity index is 872. The third kappa shape index (κ3) is 1.91. The highest BCUT2D eigenvalue weighted by atomic mass is 79.9. The Morgan fingerprint density at radius 1 is 0.964 bits per heavy atom. The molecule has 1 heterocycles. The summed E-state index contributed by atoms with van der Waals surface area (Å²) in [6, 6.07) is 7.78. The summed E-state index contributed by atoms with van der Waals surface area (Å²) in [4.78, 5) is 26.9. The molecular formula is C22H26BrN3O2. The van der Waals surface area contributed by atoms with Crippen LogP contribution >= 0.6 is 15.9 Å². The van der Waals surface area contributed by atoms with Crippen molar-refractivity contribution in [1.82, 2.24) is 5.32 Å². The predicted molar refractivity (Wildman–Crippen MR) is 110 cm³/mol. The molecule has 148 valence electrons. The molecule has 4 aliphatic rings. The zero-order valence-corrected chi connectivity index (χ0v) is 17.4. The lowest BCUT2D eigenvalue weighted by Crippen LogP contribution is -2.66. The van der Waals surface area contributed by atoms with Crippen LogP contribution in [-0.4, -0.2) is 24.9 Å². The summed E-state index contributed by atoms with van der Waals surface area (Å²) in [7, 11) is 0. The summed E-state index contributed by atoms with van der Waals surface area (Å²) in [6.07, 6.45) is 8.07. The van der Waals surface area contributed by atoms with Gasteiger partial charge < -0.3 is 16.8 Å². The number of carbonyl (C=O) groups excluding carboxylic acids is 2. The second-order valence-corrected chi connectivity index (χ2v) is 9.93. The van der Waals surface area contributed by atoms with Gasteiger partial charge in [0.1, 0.15) is 0 Å². The second-order valence-electron chi connectivity index (χ2n) is 9.01. The molecule has 2 saturated carbocycles. The number of hydrogen-bond donors (Lipinski definition) is 3. The van der Waals surface area contributed by atoms with Gasteiger partial charge in [-0.3, -0.25) is 9.59 Å². The fourth-order valence-corrected chi connectivity index (χ4v) is 7.55. The van der Waals surface area contributed by atoms with Crippen LogP contribution < -0.4 is 16.8 Å². The van der Waals surface area contributed by atoms with E-state index in [0.717, 1.165) is 48.8 Å². The van der Waals surface area contributed by atoms with Gasteiger partial charge >= 0.3 is 0 Å². The summed E-state index contributed by atoms with van der Waals surface area (Å²) < 4.78 is 0.933. The summed E-state index contributed by atoms with van der Waals surface area (Å²) in [5.41, 5.74) is 11.3. The van der Waals surface area contributed by atoms with Crippen molar-refractivity contribution in [2.45, 2.75) is 31.1 Å². The molecule has 5 N–H and O–H groups in total. The minimum absolute atomic E-state index is 0.0123. The van der Waals surface area contributed by atoms with E-state index < -0.39 is 16.7 Å². The van der Waals surface area contributed by atoms with Crippen LogP contribution in [0.15, 0.2) is 40.9 Å². The monoisotopic (exact) mass is 443 g/mol. The van der Waals surface area contributed by atoms with E-state index in [1.807, 2.05) is 24.3 Å². The standard InChI is InChI=1S/C22H26BrN3O2/c23-15-3-1-13(2-4-15)21(18(24)27)16-5-6-17(20(16)9-10-20)22(21,19(25)28)14-7-11-26-12-8-14/h1-6,14,16-17,26H,7-12H2,(H2,24,27)(H2,25,28)/t16-,17+,21+,22-/m0/s1. The Morgan fingerprint density at radius 2 is 1.57 bits per heavy atom. The molecule has 0 aromatic heterocycles. The molecular weight excluding hydrogens is 418 g/mol. The second kappa shape index (κ2) is 5.92. The van der Waals surface area contributed by atoms with Crippen LogP contribution in [0.5, 0.6) is 0 Å². The number of benzene rings is 1. The van der Waals surface area contributed by atoms with Crippen LogP contribution in [0.25, 0.3) is 0 Å². The molecule has 4 atom stereocenters. The van der Waals surface area contributed by atoms with Crippen molar-refractivity contribution in [1.29, 1.82) is 0 Å². The topological polar surface area (TPSA) is 98.2 Å². The van der Waals surface area contributed by atoms with Crippen molar-refractivity contribution < 1.29 is 9.59 Å². The number of amides is 2. The smallest absolute Gasteiger partial charge is 0.229 e. The van der Waals surface area contributed by atoms with Crippen LogP contribution in [-0.2, 0) is 15.0 Å². The Labute approximate surface area is 173 Å². The van der Waals surface area contributed by atoms with Crippen molar-refractivity contribution in [2.24, 2.45) is 40.1 Å². The lowest BCUT2D eigenvalue weighted by atomic mass is 9.48. The molecule has 0 radical (unpaired) electrons. The number of hydrogen-bond acceptors (Lipinski definition) is 3. The van der Waals surface area contributed by atoms with E-state index in [1.54, 1.807) is 0 Å². The Hall–Kier alpha value is -1.66. The Kier molecular flexibility index (Phi) is 3.89. The molecule has 3 fully saturated rings. The molecule has 2 amide bonds. The van der Waals surface area contributed by atoms with E-state index in [0.29, 0.717) is 0 Å². The summed E-state index contributed by atoms with van der Waals surface area (Å²) in [5.74, 6) is -0.799. The summed E-state index contributed by atoms with van der Waals surface area (Å²) in [6.45, 7) is 1.67. The highest BCUT2D eigenvalue weighted by molar-refractivity contribution is 9.10. The third-order valence-corrected chi connectivity index (χ3v) is 8.78. The Balaban J connectivity index is 1.83. The highest BCUT2D eigenvalue weighted by Crippen LogP contribution is 2.81. The lowest BCUT2D eigenvalue weighted by molar-refractivity contribution is -0.149. The first-order valence-electron chi connectivity index (χ1n) is 10.2. The molecule has 2 bridgehead atoms. The SMILES string of the molecule is NC(=O)[C@]1(C2CCNCC2)[C@@H]2C=C[C@@H](C23CC3)[C@@]1(C(N)=O)c1ccc(Br)cc1. The maximum atomic E-state index is 13.4. The highest BCUT2D eigenvalue weighted by Gasteiger charge is 2.84. The van der Waals surface area contributed by atoms with Gasteiger partial charge in [0.25, 0.3) is 0 Å². The van der Waals surface area contributed by atoms with E-state index in [4.69, 9.17) is 11.5 Å². The molecule has 1 spiro atoms. The van der Waals surface area contributed by atoms with Gasteiger partial charge in [-0.15, -0.1) is 0 Å². The van der Waals surface area contributed by atoms with E-state index in [9.17, 15) is 9.59 Å². The van der Waals surface area contributed by atoms with Gasteiger partial charge in [0.05, 0.1) is 10.8 Å². The lowest BCUT2D eigenvalue weighted by Gasteiger charge is -2.53. The first-order chi connectivity index (χ1) is 13.4.